The highest BCUT2D eigenvalue weighted by molar-refractivity contribution is 7.89. The van der Waals surface area contributed by atoms with Gasteiger partial charge in [-0.15, -0.1) is 12.4 Å². The van der Waals surface area contributed by atoms with E-state index in [0.29, 0.717) is 18.9 Å². The summed E-state index contributed by atoms with van der Waals surface area (Å²) < 4.78 is 27.4. The largest absolute Gasteiger partial charge is 0.337 e. The van der Waals surface area contributed by atoms with Crippen molar-refractivity contribution in [2.45, 2.75) is 18.0 Å². The molecule has 1 saturated heterocycles. The molecule has 1 aromatic heterocycles. The Morgan fingerprint density at radius 2 is 2.12 bits per heavy atom. The lowest BCUT2D eigenvalue weighted by atomic mass is 10.2. The minimum Gasteiger partial charge on any atom is -0.337 e. The predicted molar refractivity (Wildman–Crippen MR) is 66.8 cm³/mol. The molecule has 0 radical (unpaired) electrons. The van der Waals surface area contributed by atoms with E-state index in [1.54, 1.807) is 31.8 Å². The number of hydrogen-bond acceptors (Lipinski definition) is 4. The fraction of sp³-hybridized carbons (Fsp3) is 0.667. The zero-order valence-electron chi connectivity index (χ0n) is 10.0. The van der Waals surface area contributed by atoms with Crippen LogP contribution in [0.1, 0.15) is 5.82 Å². The van der Waals surface area contributed by atoms with Crippen molar-refractivity contribution >= 4 is 22.4 Å². The molecule has 1 fully saturated rings. The molecular weight excluding hydrogens is 264 g/mol. The molecule has 1 aliphatic rings. The Kier molecular flexibility index (Phi) is 4.19. The standard InChI is InChI=1S/C9H16N4O2S.ClH/c1-7-11-9(6-12(7)2)16(14,15)13(3)8-4-10-5-8;/h6,8,10H,4-5H2,1-3H3;1H. The van der Waals surface area contributed by atoms with Crippen molar-refractivity contribution in [2.24, 2.45) is 7.05 Å². The Labute approximate surface area is 107 Å². The maximum Gasteiger partial charge on any atom is 0.262 e. The van der Waals surface area contributed by atoms with Gasteiger partial charge in [0.25, 0.3) is 10.0 Å². The van der Waals surface area contributed by atoms with Crippen LogP contribution in [0.25, 0.3) is 0 Å². The molecule has 0 atom stereocenters. The lowest BCUT2D eigenvalue weighted by Crippen LogP contribution is -2.57. The van der Waals surface area contributed by atoms with Crippen LogP contribution in [0.15, 0.2) is 11.2 Å². The maximum atomic E-state index is 12.2. The van der Waals surface area contributed by atoms with Crippen LogP contribution in [-0.4, -0.2) is 48.5 Å². The molecule has 0 amide bonds. The Bertz CT molecular complexity index is 476. The molecule has 0 unspecified atom stereocenters. The summed E-state index contributed by atoms with van der Waals surface area (Å²) in [6.07, 6.45) is 1.55. The van der Waals surface area contributed by atoms with Gasteiger partial charge in [0.15, 0.2) is 5.03 Å². The fourth-order valence-electron chi connectivity index (χ4n) is 1.52. The summed E-state index contributed by atoms with van der Waals surface area (Å²) in [7, 11) is -0.0533. The van der Waals surface area contributed by atoms with E-state index in [1.807, 2.05) is 0 Å². The van der Waals surface area contributed by atoms with E-state index in [1.165, 1.54) is 4.31 Å². The van der Waals surface area contributed by atoms with Crippen molar-refractivity contribution < 1.29 is 8.42 Å². The van der Waals surface area contributed by atoms with Crippen LogP contribution in [0.2, 0.25) is 0 Å². The zero-order valence-corrected chi connectivity index (χ0v) is 11.7. The number of nitrogens with zero attached hydrogens (tertiary/aromatic N) is 3. The van der Waals surface area contributed by atoms with E-state index in [-0.39, 0.29) is 23.5 Å². The monoisotopic (exact) mass is 280 g/mol. The predicted octanol–water partition coefficient (Wildman–Crippen LogP) is -0.257. The second-order valence-corrected chi connectivity index (χ2v) is 6.01. The van der Waals surface area contributed by atoms with Crippen molar-refractivity contribution in [3.05, 3.63) is 12.0 Å². The molecule has 2 rings (SSSR count). The molecule has 0 aliphatic carbocycles. The van der Waals surface area contributed by atoms with Crippen molar-refractivity contribution in [3.8, 4) is 0 Å². The van der Waals surface area contributed by atoms with E-state index >= 15 is 0 Å². The topological polar surface area (TPSA) is 67.2 Å². The molecule has 1 N–H and O–H groups in total. The second-order valence-electron chi connectivity index (χ2n) is 4.07. The van der Waals surface area contributed by atoms with Gasteiger partial charge < -0.3 is 9.88 Å². The third-order valence-corrected chi connectivity index (χ3v) is 4.79. The molecule has 1 aliphatic heterocycles. The Hall–Kier alpha value is -0.630. The van der Waals surface area contributed by atoms with E-state index in [0.717, 1.165) is 0 Å². The summed E-state index contributed by atoms with van der Waals surface area (Å²) >= 11 is 0. The van der Waals surface area contributed by atoms with Crippen LogP contribution in [0.5, 0.6) is 0 Å². The van der Waals surface area contributed by atoms with Crippen molar-refractivity contribution in [2.75, 3.05) is 20.1 Å². The zero-order chi connectivity index (χ0) is 11.9. The summed E-state index contributed by atoms with van der Waals surface area (Å²) in [5.41, 5.74) is 0. The molecule has 8 heteroatoms. The van der Waals surface area contributed by atoms with Gasteiger partial charge in [-0.25, -0.2) is 13.4 Å². The first-order valence-corrected chi connectivity index (χ1v) is 6.55. The first kappa shape index (κ1) is 14.4. The Morgan fingerprint density at radius 3 is 2.47 bits per heavy atom. The van der Waals surface area contributed by atoms with Crippen molar-refractivity contribution in [1.29, 1.82) is 0 Å². The van der Waals surface area contributed by atoms with E-state index in [9.17, 15) is 8.42 Å². The third kappa shape index (κ3) is 2.47. The molecule has 1 aromatic rings. The van der Waals surface area contributed by atoms with Gasteiger partial charge in [0, 0.05) is 39.4 Å². The molecule has 0 saturated carbocycles. The summed E-state index contributed by atoms with van der Waals surface area (Å²) in [5, 5.41) is 3.18. The molecule has 17 heavy (non-hydrogen) atoms. The van der Waals surface area contributed by atoms with Crippen LogP contribution in [0.4, 0.5) is 0 Å². The number of imidazole rings is 1. The fourth-order valence-corrected chi connectivity index (χ4v) is 2.90. The minimum absolute atomic E-state index is 0. The molecule has 6 nitrogen and oxygen atoms in total. The summed E-state index contributed by atoms with van der Waals surface area (Å²) in [6.45, 7) is 3.20. The normalized spacial score (nSPS) is 16.7. The van der Waals surface area contributed by atoms with E-state index < -0.39 is 10.0 Å². The number of hydrogen-bond donors (Lipinski definition) is 1. The molecular formula is C9H17ClN4O2S. The number of halogens is 1. The van der Waals surface area contributed by atoms with Crippen molar-refractivity contribution in [1.82, 2.24) is 19.2 Å². The first-order valence-electron chi connectivity index (χ1n) is 5.11. The van der Waals surface area contributed by atoms with Gasteiger partial charge in [-0.05, 0) is 6.92 Å². The Balaban J connectivity index is 0.00000144. The number of likely N-dealkylation sites (N-methyl/N-ethyl adjacent to an activating group) is 1. The van der Waals surface area contributed by atoms with Crippen LogP contribution in [0.3, 0.4) is 0 Å². The highest BCUT2D eigenvalue weighted by atomic mass is 35.5. The van der Waals surface area contributed by atoms with Crippen molar-refractivity contribution in [3.63, 3.8) is 0 Å². The van der Waals surface area contributed by atoms with Crippen LogP contribution < -0.4 is 5.32 Å². The minimum atomic E-state index is -3.44. The first-order chi connectivity index (χ1) is 7.43. The summed E-state index contributed by atoms with van der Waals surface area (Å²) in [4.78, 5) is 4.06. The van der Waals surface area contributed by atoms with Gasteiger partial charge >= 0.3 is 0 Å². The number of sulfonamides is 1. The number of aromatic nitrogens is 2. The second kappa shape index (κ2) is 4.93. The van der Waals surface area contributed by atoms with Gasteiger partial charge in [0.2, 0.25) is 0 Å². The van der Waals surface area contributed by atoms with Gasteiger partial charge in [0.1, 0.15) is 5.82 Å². The number of nitrogens with one attached hydrogen (secondary N) is 1. The molecule has 0 bridgehead atoms. The smallest absolute Gasteiger partial charge is 0.262 e. The number of rotatable bonds is 3. The van der Waals surface area contributed by atoms with Gasteiger partial charge in [-0.3, -0.25) is 0 Å². The average Bonchev–Trinajstić information content (AvgIpc) is 2.44. The molecule has 98 valence electrons. The van der Waals surface area contributed by atoms with Gasteiger partial charge in [-0.1, -0.05) is 0 Å². The Morgan fingerprint density at radius 1 is 1.53 bits per heavy atom. The molecule has 0 aromatic carbocycles. The summed E-state index contributed by atoms with van der Waals surface area (Å²) in [5.74, 6) is 0.693. The average molecular weight is 281 g/mol. The lowest BCUT2D eigenvalue weighted by Gasteiger charge is -2.34. The third-order valence-electron chi connectivity index (χ3n) is 3.00. The number of aryl methyl sites for hydroxylation is 2. The SMILES string of the molecule is Cc1nc(S(=O)(=O)N(C)C2CNC2)cn1C.Cl. The van der Waals surface area contributed by atoms with Gasteiger partial charge in [0.05, 0.1) is 0 Å². The van der Waals surface area contributed by atoms with Gasteiger partial charge in [-0.2, -0.15) is 4.31 Å². The van der Waals surface area contributed by atoms with E-state index in [4.69, 9.17) is 0 Å². The van der Waals surface area contributed by atoms with Crippen LogP contribution >= 0.6 is 12.4 Å². The lowest BCUT2D eigenvalue weighted by molar-refractivity contribution is 0.273. The quantitative estimate of drug-likeness (QED) is 0.829. The highest BCUT2D eigenvalue weighted by Gasteiger charge is 2.33. The van der Waals surface area contributed by atoms with E-state index in [2.05, 4.69) is 10.3 Å². The maximum absolute atomic E-state index is 12.2. The van der Waals surface area contributed by atoms with Crippen LogP contribution in [-0.2, 0) is 17.1 Å². The molecule has 2 heterocycles. The van der Waals surface area contributed by atoms with Crippen LogP contribution in [0, 0.1) is 6.92 Å². The highest BCUT2D eigenvalue weighted by Crippen LogP contribution is 2.17. The summed E-state index contributed by atoms with van der Waals surface area (Å²) in [6, 6.07) is 0.0484. The molecule has 0 spiro atoms.